The molecule has 14 nitrogen and oxygen atoms in total. The summed E-state index contributed by atoms with van der Waals surface area (Å²) in [5.74, 6) is -7.09. The molecule has 0 saturated heterocycles. The van der Waals surface area contributed by atoms with E-state index in [2.05, 4.69) is 15.6 Å². The third-order valence-corrected chi connectivity index (χ3v) is 8.73. The Bertz CT molecular complexity index is 1620. The molecule has 8 N–H and O–H groups in total. The normalized spacial score (nSPS) is 25.8. The molecule has 0 bridgehead atoms. The highest BCUT2D eigenvalue weighted by Crippen LogP contribution is 2.53. The van der Waals surface area contributed by atoms with Crippen LogP contribution in [0.4, 0.5) is 5.69 Å². The van der Waals surface area contributed by atoms with Gasteiger partial charge in [-0.25, -0.2) is 4.98 Å². The summed E-state index contributed by atoms with van der Waals surface area (Å²) in [4.78, 5) is 57.7. The van der Waals surface area contributed by atoms with E-state index in [-0.39, 0.29) is 29.7 Å². The number of aliphatic hydroxyl groups is 3. The van der Waals surface area contributed by atoms with Gasteiger partial charge >= 0.3 is 0 Å². The van der Waals surface area contributed by atoms with Crippen LogP contribution in [0, 0.1) is 11.8 Å². The van der Waals surface area contributed by atoms with E-state index in [9.17, 15) is 39.6 Å². The Kier molecular flexibility index (Phi) is 7.40. The number of aromatic nitrogens is 2. The first-order chi connectivity index (χ1) is 20.2. The number of nitrogens with two attached hydrogens (primary N) is 1. The standard InChI is InChI=1S/C29H34N6O8/c1-12(32-11-17-31-7-8-35(17)4)28(42)33-16-6-5-13-9-14-10-15-21(34(2)3)24(38)20(27(30)41)26(40)29(15,43)25(39)19(14)23(37)18(13)22(16)36/h5-8,12,14-15,21,32,36-37,40,43H,9-11H2,1-4H3,(H2,30,41)(H,33,42)/t12?,14?,15?,21-,29-/m0/s1. The molecule has 2 aromatic rings. The molecule has 14 heteroatoms. The van der Waals surface area contributed by atoms with E-state index in [1.807, 2.05) is 7.05 Å². The molecule has 3 aliphatic carbocycles. The van der Waals surface area contributed by atoms with Gasteiger partial charge in [-0.2, -0.15) is 0 Å². The van der Waals surface area contributed by atoms with Crippen molar-refractivity contribution in [2.75, 3.05) is 19.4 Å². The summed E-state index contributed by atoms with van der Waals surface area (Å²) < 4.78 is 1.80. The van der Waals surface area contributed by atoms with Crippen LogP contribution in [0.5, 0.6) is 5.75 Å². The summed E-state index contributed by atoms with van der Waals surface area (Å²) in [6.07, 6.45) is 3.55. The quantitative estimate of drug-likeness (QED) is 0.165. The largest absolute Gasteiger partial charge is 0.508 e. The Morgan fingerprint density at radius 1 is 1.23 bits per heavy atom. The molecular formula is C29H34N6O8. The molecule has 1 saturated carbocycles. The third kappa shape index (κ3) is 4.58. The maximum atomic E-state index is 13.9. The summed E-state index contributed by atoms with van der Waals surface area (Å²) in [6.45, 7) is 1.94. The van der Waals surface area contributed by atoms with E-state index >= 15 is 0 Å². The van der Waals surface area contributed by atoms with Crippen LogP contribution in [0.1, 0.15) is 30.3 Å². The van der Waals surface area contributed by atoms with Gasteiger partial charge in [0.25, 0.3) is 5.91 Å². The van der Waals surface area contributed by atoms with Gasteiger partial charge in [0.05, 0.1) is 29.9 Å². The number of carbonyl (C=O) groups excluding carboxylic acids is 4. The predicted molar refractivity (Wildman–Crippen MR) is 152 cm³/mol. The zero-order valence-corrected chi connectivity index (χ0v) is 24.1. The van der Waals surface area contributed by atoms with Crippen LogP contribution < -0.4 is 16.4 Å². The summed E-state index contributed by atoms with van der Waals surface area (Å²) >= 11 is 0. The smallest absolute Gasteiger partial charge is 0.255 e. The van der Waals surface area contributed by atoms with E-state index in [0.717, 1.165) is 0 Å². The van der Waals surface area contributed by atoms with Gasteiger partial charge in [0.15, 0.2) is 11.4 Å². The number of hydrogen-bond donors (Lipinski definition) is 7. The number of aryl methyl sites for hydroxylation is 1. The minimum absolute atomic E-state index is 0.00973. The van der Waals surface area contributed by atoms with Crippen LogP contribution in [0.25, 0.3) is 5.76 Å². The first kappa shape index (κ1) is 29.9. The van der Waals surface area contributed by atoms with Crippen molar-refractivity contribution in [2.24, 2.45) is 24.6 Å². The van der Waals surface area contributed by atoms with Crippen molar-refractivity contribution in [1.29, 1.82) is 0 Å². The predicted octanol–water partition coefficient (Wildman–Crippen LogP) is -0.186. The van der Waals surface area contributed by atoms with Gasteiger partial charge in [-0.1, -0.05) is 6.07 Å². The zero-order chi connectivity index (χ0) is 31.5. The lowest BCUT2D eigenvalue weighted by Gasteiger charge is -2.50. The molecule has 0 radical (unpaired) electrons. The summed E-state index contributed by atoms with van der Waals surface area (Å²) in [5.41, 5.74) is 1.83. The molecule has 43 heavy (non-hydrogen) atoms. The average Bonchev–Trinajstić information content (AvgIpc) is 3.34. The number of phenolic OH excluding ortho intramolecular Hbond substituents is 1. The van der Waals surface area contributed by atoms with Gasteiger partial charge in [0.1, 0.15) is 28.7 Å². The van der Waals surface area contributed by atoms with Gasteiger partial charge in [-0.15, -0.1) is 0 Å². The Hall–Kier alpha value is -4.53. The second kappa shape index (κ2) is 10.6. The molecule has 0 spiro atoms. The summed E-state index contributed by atoms with van der Waals surface area (Å²) in [6, 6.07) is 1.24. The van der Waals surface area contributed by atoms with E-state index < -0.39 is 75.7 Å². The van der Waals surface area contributed by atoms with Gasteiger partial charge in [-0.3, -0.25) is 29.4 Å². The number of nitrogens with one attached hydrogen (secondary N) is 2. The number of aliphatic hydroxyl groups excluding tert-OH is 2. The molecule has 5 rings (SSSR count). The molecular weight excluding hydrogens is 560 g/mol. The van der Waals surface area contributed by atoms with Crippen LogP contribution in [-0.2, 0) is 39.2 Å². The monoisotopic (exact) mass is 594 g/mol. The van der Waals surface area contributed by atoms with Gasteiger partial charge < -0.3 is 36.0 Å². The van der Waals surface area contributed by atoms with Crippen molar-refractivity contribution in [3.63, 3.8) is 0 Å². The number of aromatic hydroxyl groups is 1. The number of benzene rings is 1. The number of amides is 2. The highest BCUT2D eigenvalue weighted by atomic mass is 16.3. The Balaban J connectivity index is 1.49. The molecule has 2 amide bonds. The fraction of sp³-hybridized carbons (Fsp3) is 0.414. The van der Waals surface area contributed by atoms with Gasteiger partial charge in [0.2, 0.25) is 11.7 Å². The number of hydrogen-bond acceptors (Lipinski definition) is 11. The van der Waals surface area contributed by atoms with Crippen molar-refractivity contribution < 1.29 is 39.6 Å². The first-order valence-electron chi connectivity index (χ1n) is 13.7. The molecule has 3 unspecified atom stereocenters. The van der Waals surface area contributed by atoms with Crippen molar-refractivity contribution in [2.45, 2.75) is 44.0 Å². The number of phenols is 1. The number of carbonyl (C=O) groups is 4. The number of likely N-dealkylation sites (N-methyl/N-ethyl adjacent to an activating group) is 1. The van der Waals surface area contributed by atoms with Crippen LogP contribution in [0.15, 0.2) is 41.4 Å². The first-order valence-corrected chi connectivity index (χ1v) is 13.7. The number of Topliss-reactive ketones (excluding diaryl/α,β-unsaturated/α-hetero) is 2. The molecule has 1 heterocycles. The lowest BCUT2D eigenvalue weighted by atomic mass is 9.57. The lowest BCUT2D eigenvalue weighted by molar-refractivity contribution is -0.153. The van der Waals surface area contributed by atoms with Crippen LogP contribution in [-0.4, -0.2) is 90.0 Å². The third-order valence-electron chi connectivity index (χ3n) is 8.73. The zero-order valence-electron chi connectivity index (χ0n) is 24.1. The van der Waals surface area contributed by atoms with Crippen LogP contribution in [0.3, 0.4) is 0 Å². The molecule has 1 aromatic heterocycles. The van der Waals surface area contributed by atoms with E-state index in [1.165, 1.54) is 25.1 Å². The maximum absolute atomic E-state index is 13.9. The SMILES string of the molecule is CC(NCc1nccn1C)C(=O)Nc1ccc2c(c1O)C(O)=C1C(=O)[C@]3(O)C(O)=C(C(N)=O)C(=O)[C@@H](N(C)C)C3CC1C2. The van der Waals surface area contributed by atoms with Gasteiger partial charge in [-0.05, 0) is 51.4 Å². The highest BCUT2D eigenvalue weighted by molar-refractivity contribution is 6.24. The number of primary amides is 1. The molecule has 5 atom stereocenters. The molecule has 1 fully saturated rings. The molecule has 228 valence electrons. The van der Waals surface area contributed by atoms with Crippen molar-refractivity contribution >= 4 is 34.8 Å². The molecule has 0 aliphatic heterocycles. The second-order valence-electron chi connectivity index (χ2n) is 11.5. The number of nitrogens with zero attached hydrogens (tertiary/aromatic N) is 3. The average molecular weight is 595 g/mol. The van der Waals surface area contributed by atoms with E-state index in [4.69, 9.17) is 5.73 Å². The molecule has 1 aromatic carbocycles. The van der Waals surface area contributed by atoms with Crippen molar-refractivity contribution in [3.05, 3.63) is 58.4 Å². The minimum Gasteiger partial charge on any atom is -0.508 e. The number of imidazole rings is 1. The van der Waals surface area contributed by atoms with Crippen molar-refractivity contribution in [1.82, 2.24) is 19.8 Å². The highest BCUT2D eigenvalue weighted by Gasteiger charge is 2.64. The van der Waals surface area contributed by atoms with E-state index in [0.29, 0.717) is 17.9 Å². The van der Waals surface area contributed by atoms with Crippen LogP contribution in [0.2, 0.25) is 0 Å². The van der Waals surface area contributed by atoms with Crippen molar-refractivity contribution in [3.8, 4) is 5.75 Å². The number of ketones is 2. The van der Waals surface area contributed by atoms with Crippen LogP contribution >= 0.6 is 0 Å². The Morgan fingerprint density at radius 2 is 1.93 bits per heavy atom. The Labute approximate surface area is 246 Å². The summed E-state index contributed by atoms with van der Waals surface area (Å²) in [5, 5.41) is 50.8. The topological polar surface area (TPSA) is 220 Å². The minimum atomic E-state index is -2.72. The Morgan fingerprint density at radius 3 is 2.53 bits per heavy atom. The molecule has 3 aliphatic rings. The van der Waals surface area contributed by atoms with E-state index in [1.54, 1.807) is 30.0 Å². The fourth-order valence-corrected chi connectivity index (χ4v) is 6.46. The number of rotatable bonds is 7. The maximum Gasteiger partial charge on any atom is 0.255 e. The lowest BCUT2D eigenvalue weighted by Crippen LogP contribution is -2.65. The van der Waals surface area contributed by atoms with Gasteiger partial charge in [0, 0.05) is 30.9 Å². The summed E-state index contributed by atoms with van der Waals surface area (Å²) in [7, 11) is 4.90. The number of anilines is 1. The fourth-order valence-electron chi connectivity index (χ4n) is 6.46. The second-order valence-corrected chi connectivity index (χ2v) is 11.5. The number of fused-ring (bicyclic) bond motifs is 3.